The van der Waals surface area contributed by atoms with E-state index in [1.54, 1.807) is 30.3 Å². The van der Waals surface area contributed by atoms with Gasteiger partial charge in [0.1, 0.15) is 5.82 Å². The van der Waals surface area contributed by atoms with E-state index in [4.69, 9.17) is 0 Å². The molecule has 0 bridgehead atoms. The highest BCUT2D eigenvalue weighted by molar-refractivity contribution is 6.10. The summed E-state index contributed by atoms with van der Waals surface area (Å²) in [5.74, 6) is -1.66. The molecule has 0 aliphatic carbocycles. The van der Waals surface area contributed by atoms with Gasteiger partial charge in [-0.25, -0.2) is 4.39 Å². The molecule has 3 aromatic carbocycles. The van der Waals surface area contributed by atoms with Crippen LogP contribution in [0.2, 0.25) is 0 Å². The summed E-state index contributed by atoms with van der Waals surface area (Å²) in [6, 6.07) is 17.3. The molecular formula is C23H17FN2O5. The summed E-state index contributed by atoms with van der Waals surface area (Å²) in [5, 5.41) is 22.1. The van der Waals surface area contributed by atoms with Crippen LogP contribution in [-0.2, 0) is 16.9 Å². The number of rotatable bonds is 6. The first-order valence-electron chi connectivity index (χ1n) is 9.45. The lowest BCUT2D eigenvalue weighted by atomic mass is 9.88. The first kappa shape index (κ1) is 20.4. The fourth-order valence-corrected chi connectivity index (χ4v) is 3.76. The van der Waals surface area contributed by atoms with E-state index >= 15 is 0 Å². The number of carbonyl (C=O) groups excluding carboxylic acids is 2. The largest absolute Gasteiger partial charge is 0.375 e. The zero-order valence-electron chi connectivity index (χ0n) is 16.2. The van der Waals surface area contributed by atoms with E-state index in [9.17, 15) is 29.2 Å². The predicted molar refractivity (Wildman–Crippen MR) is 110 cm³/mol. The number of nitro groups is 1. The number of para-hydroxylation sites is 1. The predicted octanol–water partition coefficient (Wildman–Crippen LogP) is 3.74. The molecule has 3 aromatic rings. The Morgan fingerprint density at radius 2 is 1.77 bits per heavy atom. The van der Waals surface area contributed by atoms with Gasteiger partial charge in [-0.1, -0.05) is 30.3 Å². The average molecular weight is 420 g/mol. The number of nitrogens with zero attached hydrogens (tertiary/aromatic N) is 2. The number of Topliss-reactive ketones (excluding diaryl/α,β-unsaturated/α-hetero) is 1. The highest BCUT2D eigenvalue weighted by Crippen LogP contribution is 2.43. The molecule has 31 heavy (non-hydrogen) atoms. The summed E-state index contributed by atoms with van der Waals surface area (Å²) in [6.07, 6.45) is -0.527. The minimum absolute atomic E-state index is 0.0294. The van der Waals surface area contributed by atoms with Crippen LogP contribution in [0.3, 0.4) is 0 Å². The van der Waals surface area contributed by atoms with E-state index in [-0.39, 0.29) is 23.4 Å². The van der Waals surface area contributed by atoms with Crippen molar-refractivity contribution in [1.29, 1.82) is 0 Å². The van der Waals surface area contributed by atoms with Crippen molar-refractivity contribution < 1.29 is 24.0 Å². The molecule has 0 saturated carbocycles. The summed E-state index contributed by atoms with van der Waals surface area (Å²) in [6.45, 7) is 0.0294. The fourth-order valence-electron chi connectivity index (χ4n) is 3.76. The number of ketones is 1. The summed E-state index contributed by atoms with van der Waals surface area (Å²) in [4.78, 5) is 37.6. The summed E-state index contributed by atoms with van der Waals surface area (Å²) >= 11 is 0. The van der Waals surface area contributed by atoms with Gasteiger partial charge in [-0.2, -0.15) is 0 Å². The van der Waals surface area contributed by atoms with Gasteiger partial charge in [-0.3, -0.25) is 19.7 Å². The standard InChI is InChI=1S/C23H17FN2O5/c24-17-5-3-4-15(12-17)14-25-20-7-2-1-6-19(20)23(29,22(25)28)13-21(27)16-8-10-18(11-9-16)26(30)31/h1-12,29H,13-14H2/t23-/m0/s1. The van der Waals surface area contributed by atoms with E-state index in [2.05, 4.69) is 0 Å². The molecule has 0 radical (unpaired) electrons. The zero-order chi connectivity index (χ0) is 22.2. The summed E-state index contributed by atoms with van der Waals surface area (Å²) < 4.78 is 13.6. The average Bonchev–Trinajstić information content (AvgIpc) is 2.96. The molecule has 1 heterocycles. The first-order valence-corrected chi connectivity index (χ1v) is 9.45. The molecule has 7 nitrogen and oxygen atoms in total. The smallest absolute Gasteiger partial charge is 0.269 e. The molecule has 0 aromatic heterocycles. The Morgan fingerprint density at radius 1 is 1.06 bits per heavy atom. The maximum Gasteiger partial charge on any atom is 0.269 e. The molecule has 1 aliphatic rings. The second-order valence-electron chi connectivity index (χ2n) is 7.30. The van der Waals surface area contributed by atoms with E-state index in [0.29, 0.717) is 11.3 Å². The number of hydrogen-bond donors (Lipinski definition) is 1. The van der Waals surface area contributed by atoms with Crippen LogP contribution in [0.4, 0.5) is 15.8 Å². The van der Waals surface area contributed by atoms with Crippen LogP contribution in [-0.4, -0.2) is 21.7 Å². The molecule has 1 atom stereocenters. The van der Waals surface area contributed by atoms with E-state index in [1.165, 1.54) is 47.4 Å². The minimum atomic E-state index is -2.09. The van der Waals surface area contributed by atoms with Crippen LogP contribution in [0.1, 0.15) is 27.9 Å². The molecule has 0 saturated heterocycles. The number of nitro benzene ring substituents is 1. The topological polar surface area (TPSA) is 101 Å². The Bertz CT molecular complexity index is 1190. The van der Waals surface area contributed by atoms with Crippen molar-refractivity contribution in [2.45, 2.75) is 18.6 Å². The second-order valence-corrected chi connectivity index (χ2v) is 7.30. The van der Waals surface area contributed by atoms with Crippen LogP contribution in [0.5, 0.6) is 0 Å². The van der Waals surface area contributed by atoms with Crippen LogP contribution in [0.15, 0.2) is 72.8 Å². The lowest BCUT2D eigenvalue weighted by Crippen LogP contribution is -2.41. The molecule has 0 spiro atoms. The third-order valence-corrected chi connectivity index (χ3v) is 5.29. The monoisotopic (exact) mass is 420 g/mol. The third kappa shape index (κ3) is 3.69. The maximum absolute atomic E-state index is 13.6. The SMILES string of the molecule is O=C(C[C@@]1(O)C(=O)N(Cc2cccc(F)c2)c2ccccc21)c1ccc([N+](=O)[O-])cc1. The number of anilines is 1. The molecule has 0 fully saturated rings. The number of benzene rings is 3. The number of halogens is 1. The van der Waals surface area contributed by atoms with Crippen molar-refractivity contribution in [1.82, 2.24) is 0 Å². The van der Waals surface area contributed by atoms with Crippen molar-refractivity contribution in [3.8, 4) is 0 Å². The Morgan fingerprint density at radius 3 is 2.45 bits per heavy atom. The Balaban J connectivity index is 1.64. The Hall–Kier alpha value is -3.91. The Kier molecular flexibility index (Phi) is 5.08. The fraction of sp³-hybridized carbons (Fsp3) is 0.130. The van der Waals surface area contributed by atoms with Gasteiger partial charge in [-0.05, 0) is 35.9 Å². The van der Waals surface area contributed by atoms with Gasteiger partial charge < -0.3 is 10.0 Å². The van der Waals surface area contributed by atoms with Gasteiger partial charge in [0.25, 0.3) is 11.6 Å². The van der Waals surface area contributed by atoms with Gasteiger partial charge in [0, 0.05) is 23.3 Å². The second kappa shape index (κ2) is 7.73. The van der Waals surface area contributed by atoms with Crippen molar-refractivity contribution in [2.75, 3.05) is 4.90 Å². The quantitative estimate of drug-likeness (QED) is 0.372. The van der Waals surface area contributed by atoms with Crippen molar-refractivity contribution >= 4 is 23.1 Å². The van der Waals surface area contributed by atoms with Crippen LogP contribution in [0.25, 0.3) is 0 Å². The van der Waals surface area contributed by atoms with Gasteiger partial charge in [0.2, 0.25) is 0 Å². The molecule has 1 aliphatic heterocycles. The number of aliphatic hydroxyl groups is 1. The molecule has 8 heteroatoms. The lowest BCUT2D eigenvalue weighted by Gasteiger charge is -2.23. The Labute approximate surface area is 176 Å². The lowest BCUT2D eigenvalue weighted by molar-refractivity contribution is -0.384. The molecule has 1 amide bonds. The van der Waals surface area contributed by atoms with Crippen LogP contribution in [0, 0.1) is 15.9 Å². The van der Waals surface area contributed by atoms with E-state index in [1.807, 2.05) is 0 Å². The van der Waals surface area contributed by atoms with Crippen molar-refractivity contribution in [2.24, 2.45) is 0 Å². The molecule has 0 unspecified atom stereocenters. The number of hydrogen-bond acceptors (Lipinski definition) is 5. The highest BCUT2D eigenvalue weighted by Gasteiger charge is 2.50. The van der Waals surface area contributed by atoms with E-state index in [0.717, 1.165) is 0 Å². The maximum atomic E-state index is 13.6. The van der Waals surface area contributed by atoms with E-state index < -0.39 is 34.5 Å². The number of fused-ring (bicyclic) bond motifs is 1. The zero-order valence-corrected chi connectivity index (χ0v) is 16.2. The number of amides is 1. The van der Waals surface area contributed by atoms with Gasteiger partial charge in [0.15, 0.2) is 11.4 Å². The number of non-ortho nitro benzene ring substituents is 1. The highest BCUT2D eigenvalue weighted by atomic mass is 19.1. The molecule has 156 valence electrons. The molecular weight excluding hydrogens is 403 g/mol. The van der Waals surface area contributed by atoms with Gasteiger partial charge >= 0.3 is 0 Å². The van der Waals surface area contributed by atoms with Crippen LogP contribution >= 0.6 is 0 Å². The summed E-state index contributed by atoms with van der Waals surface area (Å²) in [5.41, 5.74) is -0.855. The van der Waals surface area contributed by atoms with Gasteiger partial charge in [-0.15, -0.1) is 0 Å². The first-order chi connectivity index (χ1) is 14.8. The van der Waals surface area contributed by atoms with Crippen molar-refractivity contribution in [3.05, 3.63) is 105 Å². The normalized spacial score (nSPS) is 17.5. The minimum Gasteiger partial charge on any atom is -0.375 e. The summed E-state index contributed by atoms with van der Waals surface area (Å²) in [7, 11) is 0. The molecule has 1 N–H and O–H groups in total. The van der Waals surface area contributed by atoms with Gasteiger partial charge in [0.05, 0.1) is 23.6 Å². The van der Waals surface area contributed by atoms with Crippen LogP contribution < -0.4 is 4.90 Å². The number of carbonyl (C=O) groups is 2. The molecule has 4 rings (SSSR count). The van der Waals surface area contributed by atoms with Crippen molar-refractivity contribution in [3.63, 3.8) is 0 Å². The third-order valence-electron chi connectivity index (χ3n) is 5.29.